The Balaban J connectivity index is 1.66. The lowest BCUT2D eigenvalue weighted by Crippen LogP contribution is -2.39. The van der Waals surface area contributed by atoms with Crippen LogP contribution in [0.15, 0.2) is 30.7 Å². The highest BCUT2D eigenvalue weighted by molar-refractivity contribution is 5.95. The Kier molecular flexibility index (Phi) is 4.45. The molecule has 1 fully saturated rings. The second kappa shape index (κ2) is 6.67. The number of pyridine rings is 1. The molecule has 22 heavy (non-hydrogen) atoms. The highest BCUT2D eigenvalue weighted by Gasteiger charge is 2.18. The van der Waals surface area contributed by atoms with Crippen molar-refractivity contribution in [3.05, 3.63) is 42.0 Å². The molecule has 3 heterocycles. The highest BCUT2D eigenvalue weighted by atomic mass is 16.6. The van der Waals surface area contributed by atoms with Crippen LogP contribution in [-0.2, 0) is 9.47 Å². The van der Waals surface area contributed by atoms with E-state index < -0.39 is 0 Å². The molecule has 0 bridgehead atoms. The van der Waals surface area contributed by atoms with Crippen LogP contribution in [0.3, 0.4) is 0 Å². The van der Waals surface area contributed by atoms with Crippen molar-refractivity contribution in [2.75, 3.05) is 26.4 Å². The average molecular weight is 302 g/mol. The Hall–Kier alpha value is -2.25. The molecule has 0 radical (unpaired) electrons. The molecule has 1 aliphatic heterocycles. The lowest BCUT2D eigenvalue weighted by atomic mass is 10.2. The SMILES string of the molecule is Cc1nn(-c2cccnc2)cc1C(=O)NCC1COCCO1. The molecule has 1 amide bonds. The first-order valence-corrected chi connectivity index (χ1v) is 7.18. The number of carbonyl (C=O) groups is 1. The van der Waals surface area contributed by atoms with Crippen LogP contribution >= 0.6 is 0 Å². The fraction of sp³-hybridized carbons (Fsp3) is 0.400. The summed E-state index contributed by atoms with van der Waals surface area (Å²) >= 11 is 0. The minimum absolute atomic E-state index is 0.0913. The molecule has 1 N–H and O–H groups in total. The molecule has 1 saturated heterocycles. The Morgan fingerprint density at radius 3 is 3.14 bits per heavy atom. The molecule has 0 spiro atoms. The molecule has 0 aromatic carbocycles. The lowest BCUT2D eigenvalue weighted by Gasteiger charge is -2.22. The first-order chi connectivity index (χ1) is 10.7. The highest BCUT2D eigenvalue weighted by Crippen LogP contribution is 2.11. The quantitative estimate of drug-likeness (QED) is 0.900. The Morgan fingerprint density at radius 2 is 2.41 bits per heavy atom. The van der Waals surface area contributed by atoms with Crippen molar-refractivity contribution < 1.29 is 14.3 Å². The zero-order valence-electron chi connectivity index (χ0n) is 12.4. The fourth-order valence-corrected chi connectivity index (χ4v) is 2.26. The molecule has 3 rings (SSSR count). The normalized spacial score (nSPS) is 18.1. The standard InChI is InChI=1S/C15H18N4O3/c1-11-14(9-19(18-11)12-3-2-4-16-7-12)15(20)17-8-13-10-21-5-6-22-13/h2-4,7,9,13H,5-6,8,10H2,1H3,(H,17,20). The summed E-state index contributed by atoms with van der Waals surface area (Å²) in [4.78, 5) is 16.3. The Morgan fingerprint density at radius 1 is 1.50 bits per heavy atom. The predicted octanol–water partition coefficient (Wildman–Crippen LogP) is 0.721. The van der Waals surface area contributed by atoms with Crippen LogP contribution in [-0.4, -0.2) is 53.1 Å². The number of amides is 1. The lowest BCUT2D eigenvalue weighted by molar-refractivity contribution is -0.0855. The van der Waals surface area contributed by atoms with Crippen molar-refractivity contribution >= 4 is 5.91 Å². The summed E-state index contributed by atoms with van der Waals surface area (Å²) in [6.45, 7) is 3.92. The largest absolute Gasteiger partial charge is 0.376 e. The van der Waals surface area contributed by atoms with E-state index >= 15 is 0 Å². The van der Waals surface area contributed by atoms with Gasteiger partial charge in [0.15, 0.2) is 0 Å². The number of hydrogen-bond donors (Lipinski definition) is 1. The second-order valence-corrected chi connectivity index (χ2v) is 5.06. The summed E-state index contributed by atoms with van der Waals surface area (Å²) < 4.78 is 12.5. The van der Waals surface area contributed by atoms with Crippen LogP contribution in [0.2, 0.25) is 0 Å². The number of rotatable bonds is 4. The number of nitrogens with one attached hydrogen (secondary N) is 1. The second-order valence-electron chi connectivity index (χ2n) is 5.06. The maximum atomic E-state index is 12.3. The zero-order chi connectivity index (χ0) is 15.4. The van der Waals surface area contributed by atoms with Gasteiger partial charge in [-0.2, -0.15) is 5.10 Å². The number of nitrogens with zero attached hydrogens (tertiary/aromatic N) is 3. The molecule has 1 aliphatic rings. The maximum absolute atomic E-state index is 12.3. The van der Waals surface area contributed by atoms with Crippen LogP contribution in [0.4, 0.5) is 0 Å². The predicted molar refractivity (Wildman–Crippen MR) is 79.0 cm³/mol. The molecule has 0 aliphatic carbocycles. The van der Waals surface area contributed by atoms with Crippen LogP contribution in [0.25, 0.3) is 5.69 Å². The van der Waals surface area contributed by atoms with E-state index in [0.717, 1.165) is 5.69 Å². The van der Waals surface area contributed by atoms with E-state index in [1.165, 1.54) is 0 Å². The maximum Gasteiger partial charge on any atom is 0.254 e. The summed E-state index contributed by atoms with van der Waals surface area (Å²) in [6, 6.07) is 3.71. The first kappa shape index (κ1) is 14.7. The molecule has 2 aromatic rings. The van der Waals surface area contributed by atoms with Gasteiger partial charge in [-0.15, -0.1) is 0 Å². The van der Waals surface area contributed by atoms with E-state index in [-0.39, 0.29) is 12.0 Å². The van der Waals surface area contributed by atoms with Crippen molar-refractivity contribution in [1.82, 2.24) is 20.1 Å². The number of ether oxygens (including phenoxy) is 2. The van der Waals surface area contributed by atoms with Gasteiger partial charge in [-0.1, -0.05) is 0 Å². The average Bonchev–Trinajstić information content (AvgIpc) is 2.96. The van der Waals surface area contributed by atoms with Gasteiger partial charge in [0.1, 0.15) is 0 Å². The smallest absolute Gasteiger partial charge is 0.254 e. The van der Waals surface area contributed by atoms with Gasteiger partial charge < -0.3 is 14.8 Å². The third-order valence-electron chi connectivity index (χ3n) is 3.43. The number of aryl methyl sites for hydroxylation is 1. The van der Waals surface area contributed by atoms with Crippen molar-refractivity contribution in [3.63, 3.8) is 0 Å². The van der Waals surface area contributed by atoms with E-state index in [0.29, 0.717) is 37.6 Å². The molecule has 1 atom stereocenters. The third kappa shape index (κ3) is 3.32. The summed E-state index contributed by atoms with van der Waals surface area (Å²) in [5.74, 6) is -0.165. The van der Waals surface area contributed by atoms with Crippen molar-refractivity contribution in [2.45, 2.75) is 13.0 Å². The molecule has 7 heteroatoms. The third-order valence-corrected chi connectivity index (χ3v) is 3.43. The Labute approximate surface area is 128 Å². The monoisotopic (exact) mass is 302 g/mol. The van der Waals surface area contributed by atoms with Gasteiger partial charge >= 0.3 is 0 Å². The zero-order valence-corrected chi connectivity index (χ0v) is 12.4. The van der Waals surface area contributed by atoms with Crippen molar-refractivity contribution in [2.24, 2.45) is 0 Å². The Bertz CT molecular complexity index is 635. The van der Waals surface area contributed by atoms with Crippen LogP contribution in [0.1, 0.15) is 16.1 Å². The molecular weight excluding hydrogens is 284 g/mol. The summed E-state index contributed by atoms with van der Waals surface area (Å²) in [5.41, 5.74) is 2.02. The van der Waals surface area contributed by atoms with Gasteiger partial charge in [0.2, 0.25) is 0 Å². The van der Waals surface area contributed by atoms with E-state index in [1.54, 1.807) is 23.3 Å². The van der Waals surface area contributed by atoms with Crippen LogP contribution in [0.5, 0.6) is 0 Å². The number of aromatic nitrogens is 3. The number of hydrogen-bond acceptors (Lipinski definition) is 5. The minimum Gasteiger partial charge on any atom is -0.376 e. The van der Waals surface area contributed by atoms with Gasteiger partial charge in [0.05, 0.1) is 49.1 Å². The van der Waals surface area contributed by atoms with E-state index in [1.807, 2.05) is 19.1 Å². The molecular formula is C15H18N4O3. The van der Waals surface area contributed by atoms with Crippen molar-refractivity contribution in [3.8, 4) is 5.69 Å². The number of carbonyl (C=O) groups excluding carboxylic acids is 1. The van der Waals surface area contributed by atoms with Crippen LogP contribution < -0.4 is 5.32 Å². The topological polar surface area (TPSA) is 78.3 Å². The van der Waals surface area contributed by atoms with Crippen LogP contribution in [0, 0.1) is 6.92 Å². The summed E-state index contributed by atoms with van der Waals surface area (Å²) in [7, 11) is 0. The molecule has 7 nitrogen and oxygen atoms in total. The summed E-state index contributed by atoms with van der Waals surface area (Å²) in [5, 5.41) is 7.22. The van der Waals surface area contributed by atoms with Gasteiger partial charge in [0, 0.05) is 18.9 Å². The van der Waals surface area contributed by atoms with E-state index in [2.05, 4.69) is 15.4 Å². The molecule has 2 aromatic heterocycles. The van der Waals surface area contributed by atoms with E-state index in [4.69, 9.17) is 9.47 Å². The van der Waals surface area contributed by atoms with Gasteiger partial charge in [-0.05, 0) is 19.1 Å². The minimum atomic E-state index is -0.165. The van der Waals surface area contributed by atoms with Crippen molar-refractivity contribution in [1.29, 1.82) is 0 Å². The van der Waals surface area contributed by atoms with Gasteiger partial charge in [-0.25, -0.2) is 4.68 Å². The fourth-order valence-electron chi connectivity index (χ4n) is 2.26. The van der Waals surface area contributed by atoms with E-state index in [9.17, 15) is 4.79 Å². The summed E-state index contributed by atoms with van der Waals surface area (Å²) in [6.07, 6.45) is 5.01. The molecule has 1 unspecified atom stereocenters. The van der Waals surface area contributed by atoms with Gasteiger partial charge in [-0.3, -0.25) is 9.78 Å². The van der Waals surface area contributed by atoms with Gasteiger partial charge in [0.25, 0.3) is 5.91 Å². The molecule has 0 saturated carbocycles. The first-order valence-electron chi connectivity index (χ1n) is 7.18. The molecule has 116 valence electrons.